The van der Waals surface area contributed by atoms with Crippen LogP contribution in [0.15, 0.2) is 77.5 Å². The number of thioether (sulfide) groups is 1. The van der Waals surface area contributed by atoms with Gasteiger partial charge >= 0.3 is 0 Å². The van der Waals surface area contributed by atoms with Crippen molar-refractivity contribution in [3.05, 3.63) is 95.2 Å². The number of alkyl halides is 2. The zero-order valence-electron chi connectivity index (χ0n) is 47.3. The maximum atomic E-state index is 13.7. The summed E-state index contributed by atoms with van der Waals surface area (Å²) in [7, 11) is 5.51. The van der Waals surface area contributed by atoms with Crippen molar-refractivity contribution in [2.75, 3.05) is 65.6 Å². The molecule has 3 aliphatic rings. The molecule has 4 unspecified atom stereocenters. The lowest BCUT2D eigenvalue weighted by atomic mass is 9.81. The van der Waals surface area contributed by atoms with Gasteiger partial charge in [-0.3, -0.25) is 24.3 Å². The van der Waals surface area contributed by atoms with E-state index in [1.54, 1.807) is 54.0 Å². The number of likely N-dealkylation sites (tertiary alicyclic amines) is 1. The number of carbonyl (C=O) groups excluding carboxylic acids is 5. The van der Waals surface area contributed by atoms with Crippen molar-refractivity contribution in [3.63, 3.8) is 0 Å². The second-order valence-corrected chi connectivity index (χ2v) is 21.6. The normalized spacial score (nSPS) is 17.5. The molecule has 0 radical (unpaired) electrons. The van der Waals surface area contributed by atoms with Crippen LogP contribution in [0, 0.1) is 11.3 Å². The average molecular weight is 1090 g/mol. The van der Waals surface area contributed by atoms with Gasteiger partial charge in [0.1, 0.15) is 17.9 Å². The van der Waals surface area contributed by atoms with E-state index in [0.717, 1.165) is 71.0 Å². The topological polar surface area (TPSA) is 201 Å². The van der Waals surface area contributed by atoms with Crippen molar-refractivity contribution >= 4 is 70.0 Å². The van der Waals surface area contributed by atoms with Gasteiger partial charge in [-0.15, -0.1) is 11.8 Å². The van der Waals surface area contributed by atoms with Gasteiger partial charge in [-0.25, -0.2) is 13.8 Å². The van der Waals surface area contributed by atoms with Crippen LogP contribution in [-0.2, 0) is 41.1 Å². The summed E-state index contributed by atoms with van der Waals surface area (Å²) in [6, 6.07) is 17.1. The molecular formula is C58H85F2N9O7S. The third-order valence-corrected chi connectivity index (χ3v) is 14.0. The summed E-state index contributed by atoms with van der Waals surface area (Å²) in [6.07, 6.45) is 8.47. The number of fused-ring (bicyclic) bond motifs is 1. The number of Topliss-reactive ketones (excluding diaryl/α,β-unsaturated/α-hetero) is 1. The van der Waals surface area contributed by atoms with Crippen molar-refractivity contribution in [2.24, 2.45) is 27.2 Å². The minimum atomic E-state index is -2.99. The molecule has 3 aliphatic heterocycles. The highest BCUT2D eigenvalue weighted by Gasteiger charge is 2.36. The Labute approximate surface area is 460 Å². The summed E-state index contributed by atoms with van der Waals surface area (Å²) in [5, 5.41) is 12.7. The Balaban J connectivity index is 0.000000312. The number of ether oxygens (including phenoxy) is 2. The number of aldehydes is 1. The molecule has 0 saturated carbocycles. The number of hydrogen-bond donors (Lipinski definition) is 3. The number of benzene rings is 2. The van der Waals surface area contributed by atoms with Gasteiger partial charge in [0, 0.05) is 94.5 Å². The molecule has 4 atom stereocenters. The van der Waals surface area contributed by atoms with E-state index < -0.39 is 5.92 Å². The molecule has 1 aromatic heterocycles. The number of hydrogen-bond acceptors (Lipinski definition) is 13. The first-order valence-corrected chi connectivity index (χ1v) is 27.5. The predicted octanol–water partition coefficient (Wildman–Crippen LogP) is 9.89. The molecule has 16 nitrogen and oxygen atoms in total. The van der Waals surface area contributed by atoms with Crippen LogP contribution < -0.4 is 21.3 Å². The number of pyridine rings is 1. The molecule has 3 amide bonds. The molecule has 77 heavy (non-hydrogen) atoms. The fourth-order valence-corrected chi connectivity index (χ4v) is 9.05. The number of amides is 3. The van der Waals surface area contributed by atoms with E-state index in [4.69, 9.17) is 15.2 Å². The molecule has 4 N–H and O–H groups in total. The number of aliphatic imine (C=N–C) groups is 1. The Bertz CT molecular complexity index is 2410. The van der Waals surface area contributed by atoms with Crippen molar-refractivity contribution in [3.8, 4) is 0 Å². The van der Waals surface area contributed by atoms with Gasteiger partial charge in [0.15, 0.2) is 5.84 Å². The standard InChI is InChI=1S/C26H33F2N5O3.C12H16N2S.C12H21NO2.C8H15NO2/c1-6-12-35-14-15-36-13-11-29-25(34)19-7-9-22-21(16-19)18(2)24(31-32(4)5)33(22)23-10-8-20(17-30-23)26(3,27)28;1-9-12(15-8-14-9)11-5-3-10(4-6-11)7-13-2;1-9(12(2,3)4)11(15)13-7-5-6-10(13)8-14;1-7(10)5-3-2-4-6-8(9)11/h7-10,16-17H,2,6,11-15H2,1,3-5H3,(H,29,34);3-6,8-9,12-13H,7H2,1-2H3;8-10H,5-7H2,1-4H3;2-6H2,1H3,(H2,9,11)/b31-24+;;;. The van der Waals surface area contributed by atoms with Crippen LogP contribution in [0.2, 0.25) is 0 Å². The van der Waals surface area contributed by atoms with Gasteiger partial charge in [0.25, 0.3) is 11.8 Å². The lowest BCUT2D eigenvalue weighted by Crippen LogP contribution is -2.43. The Morgan fingerprint density at radius 1 is 0.987 bits per heavy atom. The number of nitrogens with two attached hydrogens (primary N) is 1. The van der Waals surface area contributed by atoms with E-state index in [9.17, 15) is 32.8 Å². The maximum absolute atomic E-state index is 13.7. The third-order valence-electron chi connectivity index (χ3n) is 12.8. The molecule has 0 bridgehead atoms. The Morgan fingerprint density at radius 2 is 1.66 bits per heavy atom. The highest BCUT2D eigenvalue weighted by Crippen LogP contribution is 2.42. The summed E-state index contributed by atoms with van der Waals surface area (Å²) < 4.78 is 38.2. The first kappa shape index (κ1) is 65.4. The van der Waals surface area contributed by atoms with Crippen molar-refractivity contribution in [1.29, 1.82) is 0 Å². The van der Waals surface area contributed by atoms with Crippen LogP contribution in [0.5, 0.6) is 0 Å². The SMILES string of the molecule is C=C1/C(=N\N(C)C)N(c2ccc(C(C)(F)F)cn2)c2ccc(C(=O)NCCOCCOCCC)cc21.CC(=O)CCCCCC(N)=O.CC(C(=O)N1CCCC1C=O)C(C)(C)C.CNCc1ccc(C2SC=NC2C)cc1. The van der Waals surface area contributed by atoms with E-state index in [1.165, 1.54) is 23.3 Å². The van der Waals surface area contributed by atoms with E-state index in [2.05, 4.69) is 84.3 Å². The molecule has 424 valence electrons. The highest BCUT2D eigenvalue weighted by molar-refractivity contribution is 8.12. The molecule has 6 rings (SSSR count). The number of halogens is 2. The lowest BCUT2D eigenvalue weighted by molar-refractivity contribution is -0.141. The summed E-state index contributed by atoms with van der Waals surface area (Å²) in [5.74, 6) is -2.27. The Hall–Kier alpha value is -5.89. The number of rotatable bonds is 23. The molecule has 1 saturated heterocycles. The monoisotopic (exact) mass is 1090 g/mol. The fraction of sp³-hybridized carbons (Fsp3) is 0.552. The first-order chi connectivity index (χ1) is 36.4. The predicted molar refractivity (Wildman–Crippen MR) is 307 cm³/mol. The van der Waals surface area contributed by atoms with Crippen molar-refractivity contribution in [2.45, 2.75) is 137 Å². The number of primary amides is 1. The van der Waals surface area contributed by atoms with Crippen LogP contribution in [0.1, 0.15) is 145 Å². The minimum absolute atomic E-state index is 0.0296. The minimum Gasteiger partial charge on any atom is -0.379 e. The van der Waals surface area contributed by atoms with Crippen LogP contribution in [-0.4, -0.2) is 129 Å². The first-order valence-electron chi connectivity index (χ1n) is 26.6. The zero-order valence-corrected chi connectivity index (χ0v) is 48.2. The number of unbranched alkanes of at least 4 members (excludes halogenated alkanes) is 2. The number of nitrogens with one attached hydrogen (secondary N) is 2. The van der Waals surface area contributed by atoms with Gasteiger partial charge in [-0.2, -0.15) is 5.10 Å². The van der Waals surface area contributed by atoms with E-state index >= 15 is 0 Å². The van der Waals surface area contributed by atoms with E-state index in [1.807, 2.05) is 38.2 Å². The smallest absolute Gasteiger partial charge is 0.272 e. The van der Waals surface area contributed by atoms with Crippen LogP contribution in [0.4, 0.5) is 20.3 Å². The Morgan fingerprint density at radius 3 is 2.21 bits per heavy atom. The lowest BCUT2D eigenvalue weighted by Gasteiger charge is -2.31. The summed E-state index contributed by atoms with van der Waals surface area (Å²) in [6.45, 7) is 23.0. The number of anilines is 2. The maximum Gasteiger partial charge on any atom is 0.272 e. The van der Waals surface area contributed by atoms with Crippen LogP contribution in [0.3, 0.4) is 0 Å². The van der Waals surface area contributed by atoms with Gasteiger partial charge < -0.3 is 45.3 Å². The van der Waals surface area contributed by atoms with Crippen LogP contribution >= 0.6 is 11.8 Å². The molecule has 19 heteroatoms. The highest BCUT2D eigenvalue weighted by atomic mass is 32.2. The number of carbonyl (C=O) groups is 5. The molecular weight excluding hydrogens is 1000 g/mol. The zero-order chi connectivity index (χ0) is 57.3. The van der Waals surface area contributed by atoms with Gasteiger partial charge in [0.2, 0.25) is 11.8 Å². The number of amidine groups is 1. The molecule has 4 heterocycles. The molecule has 0 aliphatic carbocycles. The number of hydrazone groups is 1. The fourth-order valence-electron chi connectivity index (χ4n) is 8.04. The molecule has 3 aromatic rings. The number of aromatic nitrogens is 1. The summed E-state index contributed by atoms with van der Waals surface area (Å²) in [5.41, 5.74) is 11.9. The molecule has 0 spiro atoms. The largest absolute Gasteiger partial charge is 0.379 e. The van der Waals surface area contributed by atoms with Crippen LogP contribution in [0.25, 0.3) is 5.57 Å². The second kappa shape index (κ2) is 32.8. The quantitative estimate of drug-likeness (QED) is 0.0462. The number of ketones is 1. The Kier molecular flexibility index (Phi) is 27.8. The third kappa shape index (κ3) is 21.8. The number of nitrogens with zero attached hydrogens (tertiary/aromatic N) is 6. The van der Waals surface area contributed by atoms with Gasteiger partial charge in [-0.1, -0.05) is 71.9 Å². The van der Waals surface area contributed by atoms with E-state index in [-0.39, 0.29) is 46.4 Å². The average Bonchev–Trinajstić information content (AvgIpc) is 4.15. The van der Waals surface area contributed by atoms with Crippen molar-refractivity contribution in [1.82, 2.24) is 25.5 Å². The molecule has 1 fully saturated rings. The second-order valence-electron chi connectivity index (χ2n) is 20.6. The van der Waals surface area contributed by atoms with Gasteiger partial charge in [0.05, 0.1) is 48.4 Å². The summed E-state index contributed by atoms with van der Waals surface area (Å²) in [4.78, 5) is 68.5. The summed E-state index contributed by atoms with van der Waals surface area (Å²) >= 11 is 1.82. The molecule has 2 aromatic carbocycles. The van der Waals surface area contributed by atoms with Crippen molar-refractivity contribution < 1.29 is 42.2 Å². The van der Waals surface area contributed by atoms with Gasteiger partial charge in [-0.05, 0) is 99.9 Å². The van der Waals surface area contributed by atoms with E-state index in [0.29, 0.717) is 91.1 Å².